The van der Waals surface area contributed by atoms with Crippen molar-refractivity contribution in [2.45, 2.75) is 6.54 Å². The molecule has 0 amide bonds. The third-order valence-corrected chi connectivity index (χ3v) is 2.53. The number of hydrogen-bond acceptors (Lipinski definition) is 4. The maximum atomic E-state index is 13.6. The van der Waals surface area contributed by atoms with E-state index in [1.807, 2.05) is 12.3 Å². The Kier molecular flexibility index (Phi) is 3.66. The van der Waals surface area contributed by atoms with Crippen molar-refractivity contribution in [3.05, 3.63) is 36.4 Å². The van der Waals surface area contributed by atoms with E-state index >= 15 is 0 Å². The fraction of sp³-hybridized carbons (Fsp3) is 0.250. The monoisotopic (exact) mass is 250 g/mol. The predicted octanol–water partition coefficient (Wildman–Crippen LogP) is 1.73. The minimum atomic E-state index is -0.395. The van der Waals surface area contributed by atoms with Crippen LogP contribution in [0.2, 0.25) is 0 Å². The Morgan fingerprint density at radius 1 is 1.50 bits per heavy atom. The molecule has 0 saturated carbocycles. The van der Waals surface area contributed by atoms with Crippen molar-refractivity contribution in [2.24, 2.45) is 0 Å². The first-order valence-corrected chi connectivity index (χ1v) is 5.55. The SMILES string of the molecule is COc1cc(NCCn2cccn2)c(F)cc1N. The lowest BCUT2D eigenvalue weighted by Crippen LogP contribution is -2.12. The second-order valence-electron chi connectivity index (χ2n) is 3.77. The summed E-state index contributed by atoms with van der Waals surface area (Å²) in [6.07, 6.45) is 3.55. The zero-order valence-electron chi connectivity index (χ0n) is 10.1. The number of nitrogens with zero attached hydrogens (tertiary/aromatic N) is 2. The Balaban J connectivity index is 2.00. The summed E-state index contributed by atoms with van der Waals surface area (Å²) in [7, 11) is 1.50. The van der Waals surface area contributed by atoms with Gasteiger partial charge in [0, 0.05) is 31.1 Å². The third-order valence-electron chi connectivity index (χ3n) is 2.53. The normalized spacial score (nSPS) is 10.3. The fourth-order valence-corrected chi connectivity index (χ4v) is 1.62. The minimum absolute atomic E-state index is 0.285. The molecule has 0 bridgehead atoms. The first-order valence-electron chi connectivity index (χ1n) is 5.55. The lowest BCUT2D eigenvalue weighted by Gasteiger charge is -2.11. The molecule has 0 spiro atoms. The maximum Gasteiger partial charge on any atom is 0.148 e. The molecule has 0 aliphatic heterocycles. The summed E-state index contributed by atoms with van der Waals surface area (Å²) < 4.78 is 20.4. The van der Waals surface area contributed by atoms with E-state index in [0.29, 0.717) is 24.5 Å². The summed E-state index contributed by atoms with van der Waals surface area (Å²) in [4.78, 5) is 0. The topological polar surface area (TPSA) is 65.1 Å². The zero-order chi connectivity index (χ0) is 13.0. The van der Waals surface area contributed by atoms with Gasteiger partial charge < -0.3 is 15.8 Å². The van der Waals surface area contributed by atoms with E-state index in [9.17, 15) is 4.39 Å². The van der Waals surface area contributed by atoms with Crippen molar-refractivity contribution in [3.63, 3.8) is 0 Å². The maximum absolute atomic E-state index is 13.6. The Morgan fingerprint density at radius 2 is 2.33 bits per heavy atom. The van der Waals surface area contributed by atoms with Gasteiger partial charge in [0.25, 0.3) is 0 Å². The first-order chi connectivity index (χ1) is 8.70. The molecule has 96 valence electrons. The van der Waals surface area contributed by atoms with Crippen molar-refractivity contribution < 1.29 is 9.13 Å². The second kappa shape index (κ2) is 5.39. The second-order valence-corrected chi connectivity index (χ2v) is 3.77. The van der Waals surface area contributed by atoms with Crippen molar-refractivity contribution in [1.29, 1.82) is 0 Å². The lowest BCUT2D eigenvalue weighted by molar-refractivity contribution is 0.416. The van der Waals surface area contributed by atoms with Gasteiger partial charge in [-0.05, 0) is 6.07 Å². The summed E-state index contributed by atoms with van der Waals surface area (Å²) in [6.45, 7) is 1.21. The van der Waals surface area contributed by atoms with E-state index in [1.165, 1.54) is 13.2 Å². The standard InChI is InChI=1S/C12H15FN4O/c1-18-12-8-11(9(13)7-10(12)14)15-4-6-17-5-2-3-16-17/h2-3,5,7-8,15H,4,6,14H2,1H3. The van der Waals surface area contributed by atoms with E-state index in [-0.39, 0.29) is 5.69 Å². The Bertz CT molecular complexity index is 513. The molecule has 0 aliphatic rings. The molecule has 6 heteroatoms. The molecular formula is C12H15FN4O. The smallest absolute Gasteiger partial charge is 0.148 e. The highest BCUT2D eigenvalue weighted by Crippen LogP contribution is 2.27. The summed E-state index contributed by atoms with van der Waals surface area (Å²) >= 11 is 0. The average molecular weight is 250 g/mol. The van der Waals surface area contributed by atoms with E-state index < -0.39 is 5.82 Å². The van der Waals surface area contributed by atoms with Crippen LogP contribution in [-0.2, 0) is 6.54 Å². The number of rotatable bonds is 5. The van der Waals surface area contributed by atoms with Gasteiger partial charge in [0.2, 0.25) is 0 Å². The number of anilines is 2. The van der Waals surface area contributed by atoms with Crippen LogP contribution in [0.1, 0.15) is 0 Å². The number of benzene rings is 1. The minimum Gasteiger partial charge on any atom is -0.495 e. The molecule has 1 heterocycles. The molecule has 5 nitrogen and oxygen atoms in total. The number of nitrogens with two attached hydrogens (primary N) is 1. The molecule has 0 saturated heterocycles. The molecule has 1 aromatic heterocycles. The first kappa shape index (κ1) is 12.2. The Labute approximate surface area is 104 Å². The third kappa shape index (κ3) is 2.71. The number of hydrogen-bond donors (Lipinski definition) is 2. The van der Waals surface area contributed by atoms with Gasteiger partial charge in [0.1, 0.15) is 11.6 Å². The van der Waals surface area contributed by atoms with E-state index in [2.05, 4.69) is 10.4 Å². The molecule has 0 aliphatic carbocycles. The van der Waals surface area contributed by atoms with Gasteiger partial charge >= 0.3 is 0 Å². The van der Waals surface area contributed by atoms with Crippen molar-refractivity contribution >= 4 is 11.4 Å². The van der Waals surface area contributed by atoms with Crippen molar-refractivity contribution in [2.75, 3.05) is 24.7 Å². The van der Waals surface area contributed by atoms with Gasteiger partial charge in [-0.25, -0.2) is 4.39 Å². The van der Waals surface area contributed by atoms with Gasteiger partial charge in [0.05, 0.1) is 25.0 Å². The van der Waals surface area contributed by atoms with E-state index in [0.717, 1.165) is 0 Å². The number of nitrogens with one attached hydrogen (secondary N) is 1. The summed E-state index contributed by atoms with van der Waals surface area (Å²) in [6, 6.07) is 4.63. The van der Waals surface area contributed by atoms with Crippen LogP contribution < -0.4 is 15.8 Å². The largest absolute Gasteiger partial charge is 0.495 e. The van der Waals surface area contributed by atoms with Gasteiger partial charge in [0.15, 0.2) is 0 Å². The fourth-order valence-electron chi connectivity index (χ4n) is 1.62. The molecule has 2 aromatic rings. The van der Waals surface area contributed by atoms with Crippen LogP contribution in [0.3, 0.4) is 0 Å². The zero-order valence-corrected chi connectivity index (χ0v) is 10.1. The molecule has 1 aromatic carbocycles. The molecule has 3 N–H and O–H groups in total. The molecule has 0 unspecified atom stereocenters. The van der Waals surface area contributed by atoms with E-state index in [1.54, 1.807) is 16.9 Å². The molecule has 0 fully saturated rings. The number of halogens is 1. The summed E-state index contributed by atoms with van der Waals surface area (Å²) in [5.74, 6) is 0.0618. The predicted molar refractivity (Wildman–Crippen MR) is 68.1 cm³/mol. The van der Waals surface area contributed by atoms with Crippen LogP contribution in [0.4, 0.5) is 15.8 Å². The number of nitrogen functional groups attached to an aromatic ring is 1. The highest BCUT2D eigenvalue weighted by molar-refractivity contribution is 5.62. The van der Waals surface area contributed by atoms with Crippen LogP contribution in [0.5, 0.6) is 5.75 Å². The number of methoxy groups -OCH3 is 1. The Morgan fingerprint density at radius 3 is 3.00 bits per heavy atom. The summed E-state index contributed by atoms with van der Waals surface area (Å²) in [5.41, 5.74) is 6.25. The highest BCUT2D eigenvalue weighted by atomic mass is 19.1. The quantitative estimate of drug-likeness (QED) is 0.793. The lowest BCUT2D eigenvalue weighted by atomic mass is 10.2. The number of ether oxygens (including phenoxy) is 1. The Hall–Kier alpha value is -2.24. The van der Waals surface area contributed by atoms with Gasteiger partial charge in [-0.3, -0.25) is 4.68 Å². The highest BCUT2D eigenvalue weighted by Gasteiger charge is 2.07. The van der Waals surface area contributed by atoms with E-state index in [4.69, 9.17) is 10.5 Å². The molecule has 0 atom stereocenters. The van der Waals surface area contributed by atoms with Crippen LogP contribution in [0.15, 0.2) is 30.6 Å². The summed E-state index contributed by atoms with van der Waals surface area (Å²) in [5, 5.41) is 7.04. The van der Waals surface area contributed by atoms with Crippen molar-refractivity contribution in [3.8, 4) is 5.75 Å². The van der Waals surface area contributed by atoms with Gasteiger partial charge in [-0.15, -0.1) is 0 Å². The molecule has 2 rings (SSSR count). The van der Waals surface area contributed by atoms with Crippen LogP contribution in [0.25, 0.3) is 0 Å². The van der Waals surface area contributed by atoms with Gasteiger partial charge in [-0.2, -0.15) is 5.10 Å². The van der Waals surface area contributed by atoms with Crippen LogP contribution in [0, 0.1) is 5.82 Å². The van der Waals surface area contributed by atoms with Crippen molar-refractivity contribution in [1.82, 2.24) is 9.78 Å². The molecule has 18 heavy (non-hydrogen) atoms. The molecular weight excluding hydrogens is 235 g/mol. The van der Waals surface area contributed by atoms with Crippen LogP contribution in [-0.4, -0.2) is 23.4 Å². The average Bonchev–Trinajstić information content (AvgIpc) is 2.85. The number of aromatic nitrogens is 2. The molecule has 0 radical (unpaired) electrons. The van der Waals surface area contributed by atoms with Gasteiger partial charge in [-0.1, -0.05) is 0 Å². The van der Waals surface area contributed by atoms with Crippen LogP contribution >= 0.6 is 0 Å².